The molecule has 7 heteroatoms. The van der Waals surface area contributed by atoms with Crippen molar-refractivity contribution in [3.8, 4) is 0 Å². The van der Waals surface area contributed by atoms with E-state index in [-0.39, 0.29) is 11.1 Å². The van der Waals surface area contributed by atoms with Gasteiger partial charge in [0, 0.05) is 0 Å². The zero-order chi connectivity index (χ0) is 20.1. The third-order valence-corrected chi connectivity index (χ3v) is 4.50. The molecular weight excluding hydrogens is 364 g/mol. The first-order valence-electron chi connectivity index (χ1n) is 8.67. The standard InChI is InChI=1S/C21H20O7/c22-16-11-12-17(28-20(25)15-9-5-2-6-10-15)21(26,18(16)23)13-27-19(24)14-7-3-1-4-8-14/h1-12,16-18,22-23,26H,13H2. The fraction of sp³-hybridized carbons (Fsp3) is 0.238. The Morgan fingerprint density at radius 1 is 0.857 bits per heavy atom. The normalized spacial score (nSPS) is 26.5. The number of esters is 2. The van der Waals surface area contributed by atoms with Crippen LogP contribution in [0.1, 0.15) is 20.7 Å². The summed E-state index contributed by atoms with van der Waals surface area (Å²) < 4.78 is 10.4. The molecule has 3 N–H and O–H groups in total. The fourth-order valence-electron chi connectivity index (χ4n) is 2.86. The lowest BCUT2D eigenvalue weighted by atomic mass is 9.82. The van der Waals surface area contributed by atoms with Crippen LogP contribution in [-0.2, 0) is 9.47 Å². The van der Waals surface area contributed by atoms with Crippen molar-refractivity contribution in [3.63, 3.8) is 0 Å². The maximum Gasteiger partial charge on any atom is 0.338 e. The molecule has 0 saturated heterocycles. The third-order valence-electron chi connectivity index (χ3n) is 4.50. The van der Waals surface area contributed by atoms with E-state index in [0.717, 1.165) is 0 Å². The van der Waals surface area contributed by atoms with Crippen LogP contribution in [0, 0.1) is 0 Å². The second-order valence-corrected chi connectivity index (χ2v) is 6.45. The van der Waals surface area contributed by atoms with Gasteiger partial charge in [-0.2, -0.15) is 0 Å². The van der Waals surface area contributed by atoms with Gasteiger partial charge >= 0.3 is 11.9 Å². The van der Waals surface area contributed by atoms with Crippen molar-refractivity contribution in [1.82, 2.24) is 0 Å². The minimum Gasteiger partial charge on any atom is -0.459 e. The molecule has 3 rings (SSSR count). The maximum atomic E-state index is 12.3. The van der Waals surface area contributed by atoms with Crippen LogP contribution in [-0.4, -0.2) is 57.8 Å². The Hall–Kier alpha value is -3.00. The summed E-state index contributed by atoms with van der Waals surface area (Å²) in [5.74, 6) is -1.45. The molecule has 146 valence electrons. The first kappa shape index (κ1) is 19.8. The number of carbonyl (C=O) groups excluding carboxylic acids is 2. The monoisotopic (exact) mass is 384 g/mol. The number of hydrogen-bond donors (Lipinski definition) is 3. The number of hydrogen-bond acceptors (Lipinski definition) is 7. The molecule has 0 heterocycles. The number of benzene rings is 2. The Balaban J connectivity index is 1.77. The topological polar surface area (TPSA) is 113 Å². The van der Waals surface area contributed by atoms with Crippen molar-refractivity contribution < 1.29 is 34.4 Å². The highest BCUT2D eigenvalue weighted by molar-refractivity contribution is 5.90. The summed E-state index contributed by atoms with van der Waals surface area (Å²) in [7, 11) is 0. The molecule has 7 nitrogen and oxygen atoms in total. The molecule has 0 spiro atoms. The van der Waals surface area contributed by atoms with Crippen LogP contribution in [0.15, 0.2) is 72.8 Å². The van der Waals surface area contributed by atoms with Gasteiger partial charge in [-0.1, -0.05) is 42.5 Å². The van der Waals surface area contributed by atoms with Crippen LogP contribution in [0.3, 0.4) is 0 Å². The molecule has 0 amide bonds. The highest BCUT2D eigenvalue weighted by Crippen LogP contribution is 2.29. The second-order valence-electron chi connectivity index (χ2n) is 6.45. The Bertz CT molecular complexity index is 850. The Kier molecular flexibility index (Phi) is 5.89. The summed E-state index contributed by atoms with van der Waals surface area (Å²) in [5, 5.41) is 31.1. The van der Waals surface area contributed by atoms with Crippen LogP contribution in [0.5, 0.6) is 0 Å². The SMILES string of the molecule is O=C(OCC1(O)C(OC(=O)c2ccccc2)C=CC(O)C1O)c1ccccc1. The highest BCUT2D eigenvalue weighted by atomic mass is 16.6. The summed E-state index contributed by atoms with van der Waals surface area (Å²) in [6, 6.07) is 16.2. The summed E-state index contributed by atoms with van der Waals surface area (Å²) >= 11 is 0. The van der Waals surface area contributed by atoms with E-state index in [9.17, 15) is 24.9 Å². The third kappa shape index (κ3) is 4.12. The van der Waals surface area contributed by atoms with Crippen LogP contribution in [0.4, 0.5) is 0 Å². The maximum absolute atomic E-state index is 12.3. The number of carbonyl (C=O) groups is 2. The van der Waals surface area contributed by atoms with Gasteiger partial charge < -0.3 is 24.8 Å². The molecule has 4 atom stereocenters. The predicted octanol–water partition coefficient (Wildman–Crippen LogP) is 1.09. The van der Waals surface area contributed by atoms with E-state index in [2.05, 4.69) is 0 Å². The van der Waals surface area contributed by atoms with E-state index in [1.54, 1.807) is 36.4 Å². The van der Waals surface area contributed by atoms with Crippen molar-refractivity contribution in [2.45, 2.75) is 23.9 Å². The molecular formula is C21H20O7. The van der Waals surface area contributed by atoms with E-state index in [1.165, 1.54) is 36.4 Å². The van der Waals surface area contributed by atoms with Gasteiger partial charge in [-0.05, 0) is 30.3 Å². The molecule has 1 aliphatic rings. The van der Waals surface area contributed by atoms with E-state index in [1.807, 2.05) is 0 Å². The number of ether oxygens (including phenoxy) is 2. The van der Waals surface area contributed by atoms with Gasteiger partial charge in [0.25, 0.3) is 0 Å². The average Bonchev–Trinajstić information content (AvgIpc) is 2.74. The van der Waals surface area contributed by atoms with E-state index in [4.69, 9.17) is 9.47 Å². The number of aliphatic hydroxyl groups is 3. The first-order valence-corrected chi connectivity index (χ1v) is 8.67. The molecule has 0 saturated carbocycles. The zero-order valence-corrected chi connectivity index (χ0v) is 14.8. The molecule has 28 heavy (non-hydrogen) atoms. The van der Waals surface area contributed by atoms with Gasteiger partial charge in [0.1, 0.15) is 18.8 Å². The minimum atomic E-state index is -2.22. The quantitative estimate of drug-likeness (QED) is 0.522. The van der Waals surface area contributed by atoms with Crippen LogP contribution in [0.2, 0.25) is 0 Å². The van der Waals surface area contributed by atoms with Crippen LogP contribution >= 0.6 is 0 Å². The molecule has 0 fully saturated rings. The van der Waals surface area contributed by atoms with Gasteiger partial charge in [0.2, 0.25) is 0 Å². The van der Waals surface area contributed by atoms with Gasteiger partial charge in [0.05, 0.1) is 11.1 Å². The average molecular weight is 384 g/mol. The van der Waals surface area contributed by atoms with E-state index < -0.39 is 42.5 Å². The molecule has 0 radical (unpaired) electrons. The van der Waals surface area contributed by atoms with Crippen molar-refractivity contribution in [3.05, 3.63) is 83.9 Å². The van der Waals surface area contributed by atoms with Crippen LogP contribution in [0.25, 0.3) is 0 Å². The van der Waals surface area contributed by atoms with E-state index >= 15 is 0 Å². The smallest absolute Gasteiger partial charge is 0.338 e. The highest BCUT2D eigenvalue weighted by Gasteiger charge is 2.51. The number of rotatable bonds is 5. The largest absolute Gasteiger partial charge is 0.459 e. The first-order chi connectivity index (χ1) is 13.4. The summed E-state index contributed by atoms with van der Waals surface area (Å²) in [6.07, 6.45) is -2.00. The van der Waals surface area contributed by atoms with E-state index in [0.29, 0.717) is 0 Å². The Labute approximate surface area is 161 Å². The second kappa shape index (κ2) is 8.35. The molecule has 1 aliphatic carbocycles. The Morgan fingerprint density at radius 3 is 1.96 bits per heavy atom. The fourth-order valence-corrected chi connectivity index (χ4v) is 2.86. The van der Waals surface area contributed by atoms with Gasteiger partial charge in [-0.3, -0.25) is 0 Å². The van der Waals surface area contributed by atoms with Crippen molar-refractivity contribution >= 4 is 11.9 Å². The molecule has 0 bridgehead atoms. The lowest BCUT2D eigenvalue weighted by Crippen LogP contribution is -2.62. The van der Waals surface area contributed by atoms with Gasteiger partial charge in [-0.15, -0.1) is 0 Å². The van der Waals surface area contributed by atoms with Crippen LogP contribution < -0.4 is 0 Å². The summed E-state index contributed by atoms with van der Waals surface area (Å²) in [6.45, 7) is -0.684. The molecule has 0 aromatic heterocycles. The van der Waals surface area contributed by atoms with Gasteiger partial charge in [-0.25, -0.2) is 9.59 Å². The molecule has 2 aromatic rings. The lowest BCUT2D eigenvalue weighted by Gasteiger charge is -2.41. The van der Waals surface area contributed by atoms with Gasteiger partial charge in [0.15, 0.2) is 11.7 Å². The van der Waals surface area contributed by atoms with Crippen molar-refractivity contribution in [2.24, 2.45) is 0 Å². The Morgan fingerprint density at radius 2 is 1.39 bits per heavy atom. The van der Waals surface area contributed by atoms with Crippen molar-refractivity contribution in [1.29, 1.82) is 0 Å². The lowest BCUT2D eigenvalue weighted by molar-refractivity contribution is -0.183. The molecule has 0 aliphatic heterocycles. The molecule has 2 aromatic carbocycles. The zero-order valence-electron chi connectivity index (χ0n) is 14.8. The predicted molar refractivity (Wildman–Crippen MR) is 98.5 cm³/mol. The minimum absolute atomic E-state index is 0.250. The molecule has 4 unspecified atom stereocenters. The van der Waals surface area contributed by atoms with Crippen molar-refractivity contribution in [2.75, 3.05) is 6.61 Å². The summed E-state index contributed by atoms with van der Waals surface area (Å²) in [4.78, 5) is 24.5. The number of aliphatic hydroxyl groups excluding tert-OH is 2. The summed E-state index contributed by atoms with van der Waals surface area (Å²) in [5.41, 5.74) is -1.71.